The minimum atomic E-state index is -0.714. The van der Waals surface area contributed by atoms with Crippen LogP contribution in [0.5, 0.6) is 0 Å². The molecule has 3 saturated heterocycles. The van der Waals surface area contributed by atoms with Crippen LogP contribution in [0.2, 0.25) is 0 Å². The molecule has 0 bridgehead atoms. The number of rotatable bonds is 20. The molecule has 544 valence electrons. The van der Waals surface area contributed by atoms with Gasteiger partial charge in [0.15, 0.2) is 0 Å². The quantitative estimate of drug-likeness (QED) is 0.0366. The number of fused-ring (bicyclic) bond motifs is 5. The molecule has 4 heterocycles. The molecule has 3 aliphatic carbocycles. The number of nitrogens with one attached hydrogen (secondary N) is 8. The number of carbonyl (C=O) groups excluding carboxylic acids is 8. The number of likely N-dealkylation sites (N-methyl/N-ethyl adjacent to an activating group) is 3. The monoisotopic (exact) mass is 1400 g/mol. The third-order valence-electron chi connectivity index (χ3n) is 22.3. The molecule has 4 aliphatic heterocycles. The number of hydrogen-bond acceptors (Lipinski definition) is 13. The molecule has 8 N–H and O–H groups in total. The number of nitrogens with zero attached hydrogens (tertiary/aromatic N) is 4. The fraction of sp³-hybridized carbons (Fsp3) is 0.550. The zero-order chi connectivity index (χ0) is 71.9. The van der Waals surface area contributed by atoms with Gasteiger partial charge in [-0.2, -0.15) is 0 Å². The van der Waals surface area contributed by atoms with Crippen LogP contribution in [0, 0.1) is 23.2 Å². The zero-order valence-corrected chi connectivity index (χ0v) is 61.7. The van der Waals surface area contributed by atoms with Crippen molar-refractivity contribution >= 4 is 75.5 Å². The Bertz CT molecular complexity index is 3670. The van der Waals surface area contributed by atoms with Gasteiger partial charge in [-0.05, 0) is 188 Å². The normalized spacial score (nSPS) is 23.4. The number of para-hydroxylation sites is 1. The Labute approximate surface area is 602 Å². The van der Waals surface area contributed by atoms with Crippen LogP contribution < -0.4 is 47.4 Å². The van der Waals surface area contributed by atoms with E-state index in [0.29, 0.717) is 35.4 Å². The minimum absolute atomic E-state index is 0.0510. The van der Waals surface area contributed by atoms with Crippen molar-refractivity contribution in [3.63, 3.8) is 0 Å². The highest BCUT2D eigenvalue weighted by atomic mass is 32.2. The van der Waals surface area contributed by atoms with Crippen molar-refractivity contribution in [2.45, 2.75) is 197 Å². The molecule has 0 aromatic heterocycles. The van der Waals surface area contributed by atoms with Crippen LogP contribution in [-0.4, -0.2) is 182 Å². The number of likely N-dealkylation sites (tertiary alicyclic amines) is 3. The molecule has 12 rings (SSSR count). The number of carbonyl (C=O) groups is 8. The van der Waals surface area contributed by atoms with Crippen molar-refractivity contribution in [2.24, 2.45) is 23.2 Å². The van der Waals surface area contributed by atoms with Crippen LogP contribution in [0.15, 0.2) is 126 Å². The lowest BCUT2D eigenvalue weighted by atomic mass is 9.83. The summed E-state index contributed by atoms with van der Waals surface area (Å²) in [5, 5.41) is 26.2. The van der Waals surface area contributed by atoms with E-state index in [0.717, 1.165) is 124 Å². The summed E-state index contributed by atoms with van der Waals surface area (Å²) < 4.78 is 0. The maximum atomic E-state index is 13.9. The average molecular weight is 1400 g/mol. The van der Waals surface area contributed by atoms with Gasteiger partial charge in [-0.25, -0.2) is 0 Å². The van der Waals surface area contributed by atoms with E-state index >= 15 is 0 Å². The topological polar surface area (TPSA) is 246 Å². The first-order valence-electron chi connectivity index (χ1n) is 37.1. The number of piperidine rings is 1. The SMILES string of the molecule is CN[C@@H](C)C(=O)N[C@@H]1CSc2ccccc2N(CC(=O)N[C@@H]2CCCc3ccccc32)C1=O.CN[C@@H](C)C(=O)N[C@H](C(=O)N1CC[C@H]2CCN(CCc3ccccc3)C[C@H]21)C1CCCCC1.CN[C@@H](C)C(=O)N[C@H](C(=O)N1CC[C@H]2CC[C@H](NC(=O)c3cccc4ccccc34)[C@H]21)C(C)(C)C. The molecule has 5 aromatic rings. The molecule has 21 heteroatoms. The summed E-state index contributed by atoms with van der Waals surface area (Å²) in [6.45, 7) is 15.8. The Hall–Kier alpha value is -7.69. The molecule has 7 aliphatic rings. The lowest BCUT2D eigenvalue weighted by Crippen LogP contribution is -2.60. The highest BCUT2D eigenvalue weighted by Gasteiger charge is 2.50. The van der Waals surface area contributed by atoms with Gasteiger partial charge in [0.2, 0.25) is 35.4 Å². The molecule has 2 saturated carbocycles. The summed E-state index contributed by atoms with van der Waals surface area (Å²) in [5.74, 6) is 0.649. The molecular weight excluding hydrogens is 1290 g/mol. The first-order valence-corrected chi connectivity index (χ1v) is 38.1. The van der Waals surface area contributed by atoms with Gasteiger partial charge in [0.25, 0.3) is 11.8 Å². The second-order valence-corrected chi connectivity index (χ2v) is 31.0. The molecule has 5 aromatic carbocycles. The molecule has 5 fully saturated rings. The zero-order valence-electron chi connectivity index (χ0n) is 60.9. The Balaban J connectivity index is 0.000000163. The van der Waals surface area contributed by atoms with Crippen molar-refractivity contribution in [1.29, 1.82) is 0 Å². The minimum Gasteiger partial charge on any atom is -0.348 e. The lowest BCUT2D eigenvalue weighted by Gasteiger charge is -2.41. The first kappa shape index (κ1) is 76.0. The maximum absolute atomic E-state index is 13.9. The van der Waals surface area contributed by atoms with E-state index in [1.165, 1.54) is 40.6 Å². The smallest absolute Gasteiger partial charge is 0.252 e. The summed E-state index contributed by atoms with van der Waals surface area (Å²) in [7, 11) is 5.22. The standard InChI is InChI=1S/C28H38N4O3.C27H42N4O2.C25H30N4O3S/c1-17(29-5)25(33)31-24(28(2,3)4)27(35)32-16-15-19-13-14-22(23(19)32)30-26(34)21-12-8-10-18-9-6-7-11-20(18)21;1-20(28-2)26(32)29-25(23-11-7-4-8-12-23)27(33)31-18-15-22-14-17-30(19-24(22)31)16-13-21-9-5-3-6-10-21;1-16(26-2)24(31)28-20-15-33-22-13-6-5-12-21(22)29(25(20)32)14-23(30)27-19-11-7-9-17-8-3-4-10-18(17)19/h6-12,17,19,22-24,29H,13-16H2,1-5H3,(H,30,34)(H,31,33);3,5-6,9-10,20,22-25,28H,4,7-8,11-19H2,1-2H3,(H,29,32);3-6,8,10,12-13,16,19-20,26H,7,9,11,14-15H2,1-2H3,(H,27,30)(H,28,31)/t17-,19+,22-,23-,24+;20-,22+,24+,25-;16-,19+,20+/m000/s1. The number of benzene rings is 5. The van der Waals surface area contributed by atoms with Crippen LogP contribution >= 0.6 is 11.8 Å². The molecule has 0 spiro atoms. The van der Waals surface area contributed by atoms with Gasteiger partial charge in [-0.15, -0.1) is 11.8 Å². The van der Waals surface area contributed by atoms with Crippen LogP contribution in [0.1, 0.15) is 152 Å². The fourth-order valence-corrected chi connectivity index (χ4v) is 17.1. The van der Waals surface area contributed by atoms with Crippen molar-refractivity contribution in [3.8, 4) is 0 Å². The van der Waals surface area contributed by atoms with Gasteiger partial charge in [0.1, 0.15) is 24.7 Å². The van der Waals surface area contributed by atoms with E-state index in [2.05, 4.69) is 94.8 Å². The van der Waals surface area contributed by atoms with Crippen LogP contribution in [0.25, 0.3) is 10.8 Å². The van der Waals surface area contributed by atoms with E-state index in [-0.39, 0.29) is 96.0 Å². The van der Waals surface area contributed by atoms with E-state index in [1.54, 1.807) is 35.0 Å². The third-order valence-corrected chi connectivity index (χ3v) is 23.4. The molecule has 101 heavy (non-hydrogen) atoms. The van der Waals surface area contributed by atoms with Gasteiger partial charge in [-0.1, -0.05) is 143 Å². The Morgan fingerprint density at radius 1 is 0.584 bits per heavy atom. The van der Waals surface area contributed by atoms with Gasteiger partial charge in [-0.3, -0.25) is 38.4 Å². The van der Waals surface area contributed by atoms with E-state index in [1.807, 2.05) is 111 Å². The van der Waals surface area contributed by atoms with Crippen molar-refractivity contribution in [2.75, 3.05) is 71.1 Å². The highest BCUT2D eigenvalue weighted by Crippen LogP contribution is 2.41. The summed E-state index contributed by atoms with van der Waals surface area (Å²) in [5.41, 5.74) is 4.70. The molecule has 0 radical (unpaired) electrons. The molecule has 12 atom stereocenters. The van der Waals surface area contributed by atoms with Crippen LogP contribution in [-0.2, 0) is 46.4 Å². The highest BCUT2D eigenvalue weighted by molar-refractivity contribution is 7.99. The van der Waals surface area contributed by atoms with Crippen LogP contribution in [0.3, 0.4) is 0 Å². The lowest BCUT2D eigenvalue weighted by molar-refractivity contribution is -0.141. The number of amides is 8. The summed E-state index contributed by atoms with van der Waals surface area (Å²) in [6.07, 6.45) is 14.6. The van der Waals surface area contributed by atoms with Crippen molar-refractivity contribution in [3.05, 3.63) is 144 Å². The third kappa shape index (κ3) is 19.0. The summed E-state index contributed by atoms with van der Waals surface area (Å²) >= 11 is 1.51. The number of aryl methyl sites for hydroxylation is 1. The summed E-state index contributed by atoms with van der Waals surface area (Å²) in [6, 6.07) is 37.3. The van der Waals surface area contributed by atoms with Gasteiger partial charge >= 0.3 is 0 Å². The van der Waals surface area contributed by atoms with E-state index < -0.39 is 29.6 Å². The fourth-order valence-electron chi connectivity index (χ4n) is 16.0. The van der Waals surface area contributed by atoms with E-state index in [4.69, 9.17) is 0 Å². The average Bonchev–Trinajstić information content (AvgIpc) is 1.63. The number of anilines is 1. The second kappa shape index (κ2) is 35.5. The van der Waals surface area contributed by atoms with Gasteiger partial charge < -0.3 is 62.1 Å². The van der Waals surface area contributed by atoms with Crippen molar-refractivity contribution in [1.82, 2.24) is 57.2 Å². The molecular formula is C80H110N12O8S. The number of thioether (sulfide) groups is 1. The Morgan fingerprint density at radius 3 is 1.97 bits per heavy atom. The molecule has 20 nitrogen and oxygen atoms in total. The first-order chi connectivity index (χ1) is 48.6. The largest absolute Gasteiger partial charge is 0.348 e. The van der Waals surface area contributed by atoms with Crippen LogP contribution in [0.4, 0.5) is 5.69 Å². The van der Waals surface area contributed by atoms with Gasteiger partial charge in [0, 0.05) is 54.5 Å². The maximum Gasteiger partial charge on any atom is 0.252 e. The van der Waals surface area contributed by atoms with E-state index in [9.17, 15) is 38.4 Å². The predicted molar refractivity (Wildman–Crippen MR) is 400 cm³/mol. The van der Waals surface area contributed by atoms with Crippen molar-refractivity contribution < 1.29 is 38.4 Å². The predicted octanol–water partition coefficient (Wildman–Crippen LogP) is 8.32. The number of hydrogen-bond donors (Lipinski definition) is 8. The molecule has 0 unspecified atom stereocenters. The van der Waals surface area contributed by atoms with Gasteiger partial charge in [0.05, 0.1) is 35.9 Å². The summed E-state index contributed by atoms with van der Waals surface area (Å²) in [4.78, 5) is 115. The Kier molecular flexibility index (Phi) is 26.7. The second-order valence-electron chi connectivity index (χ2n) is 29.9. The molecule has 8 amide bonds. The Morgan fingerprint density at radius 2 is 1.23 bits per heavy atom.